The third kappa shape index (κ3) is 4.83. The number of rotatable bonds is 6. The van der Waals surface area contributed by atoms with Crippen LogP contribution in [0.1, 0.15) is 11.3 Å². The van der Waals surface area contributed by atoms with Crippen molar-refractivity contribution in [3.8, 4) is 5.75 Å². The van der Waals surface area contributed by atoms with E-state index >= 15 is 0 Å². The maximum absolute atomic E-state index is 12.8. The maximum Gasteiger partial charge on any atom is 0.283 e. The Bertz CT molecular complexity index is 1650. The number of carbonyl (C=O) groups excluding carboxylic acids is 1. The lowest BCUT2D eigenvalue weighted by molar-refractivity contribution is -0.114. The van der Waals surface area contributed by atoms with Crippen molar-refractivity contribution < 1.29 is 13.9 Å². The number of fused-ring (bicyclic) bond motifs is 2. The van der Waals surface area contributed by atoms with Gasteiger partial charge in [-0.15, -0.1) is 0 Å². The third-order valence-electron chi connectivity index (χ3n) is 5.70. The fraction of sp³-hybridized carbons (Fsp3) is 0.0714. The van der Waals surface area contributed by atoms with Gasteiger partial charge in [0.1, 0.15) is 23.2 Å². The van der Waals surface area contributed by atoms with Crippen LogP contribution in [0.5, 0.6) is 5.75 Å². The van der Waals surface area contributed by atoms with E-state index in [0.717, 1.165) is 27.0 Å². The molecule has 0 aliphatic carbocycles. The molecular formula is C28H20N4O3S2. The van der Waals surface area contributed by atoms with Gasteiger partial charge in [-0.1, -0.05) is 60.3 Å². The van der Waals surface area contributed by atoms with Crippen molar-refractivity contribution in [1.82, 2.24) is 5.01 Å². The highest BCUT2D eigenvalue weighted by atomic mass is 32.2. The first-order valence-corrected chi connectivity index (χ1v) is 13.1. The highest BCUT2D eigenvalue weighted by Gasteiger charge is 2.36. The van der Waals surface area contributed by atoms with Gasteiger partial charge < -0.3 is 9.15 Å². The largest absolute Gasteiger partial charge is 0.487 e. The van der Waals surface area contributed by atoms with Crippen molar-refractivity contribution in [3.63, 3.8) is 0 Å². The first-order chi connectivity index (χ1) is 18.0. The fourth-order valence-corrected chi connectivity index (χ4v) is 5.67. The van der Waals surface area contributed by atoms with E-state index in [1.807, 2.05) is 61.5 Å². The summed E-state index contributed by atoms with van der Waals surface area (Å²) in [7, 11) is 0. The summed E-state index contributed by atoms with van der Waals surface area (Å²) in [6.45, 7) is 2.21. The van der Waals surface area contributed by atoms with E-state index in [1.54, 1.807) is 12.1 Å². The number of hydrogen-bond acceptors (Lipinski definition) is 7. The molecule has 0 unspecified atom stereocenters. The van der Waals surface area contributed by atoms with Crippen LogP contribution >= 0.6 is 23.5 Å². The zero-order chi connectivity index (χ0) is 25.4. The van der Waals surface area contributed by atoms with Gasteiger partial charge in [-0.05, 0) is 71.4 Å². The smallest absolute Gasteiger partial charge is 0.283 e. The molecular weight excluding hydrogens is 504 g/mol. The molecule has 0 bridgehead atoms. The van der Waals surface area contributed by atoms with Crippen LogP contribution < -0.4 is 4.74 Å². The molecule has 0 atom stereocenters. The number of amidine groups is 2. The second-order valence-electron chi connectivity index (χ2n) is 8.36. The van der Waals surface area contributed by atoms with Crippen LogP contribution in [0.4, 0.5) is 0 Å². The number of benzene rings is 3. The van der Waals surface area contributed by atoms with Gasteiger partial charge >= 0.3 is 0 Å². The minimum Gasteiger partial charge on any atom is -0.487 e. The fourth-order valence-electron chi connectivity index (χ4n) is 3.94. The number of aliphatic imine (C=N–C) groups is 1. The minimum absolute atomic E-state index is 0.0484. The van der Waals surface area contributed by atoms with Crippen LogP contribution in [-0.4, -0.2) is 33.6 Å². The van der Waals surface area contributed by atoms with E-state index in [1.165, 1.54) is 28.5 Å². The van der Waals surface area contributed by atoms with E-state index in [2.05, 4.69) is 28.3 Å². The second-order valence-corrected chi connectivity index (χ2v) is 10.4. The Labute approximate surface area is 221 Å². The summed E-state index contributed by atoms with van der Waals surface area (Å²) in [5, 5.41) is 18.4. The lowest BCUT2D eigenvalue weighted by Crippen LogP contribution is -2.35. The molecule has 6 rings (SSSR count). The second kappa shape index (κ2) is 9.76. The normalized spacial score (nSPS) is 16.2. The number of furan rings is 1. The molecule has 9 heteroatoms. The molecule has 0 radical (unpaired) electrons. The average molecular weight is 525 g/mol. The van der Waals surface area contributed by atoms with Crippen LogP contribution in [0.15, 0.2) is 109 Å². The molecule has 2 aliphatic heterocycles. The summed E-state index contributed by atoms with van der Waals surface area (Å²) in [6.07, 6.45) is 1.54. The molecule has 4 aromatic rings. The monoisotopic (exact) mass is 524 g/mol. The van der Waals surface area contributed by atoms with Gasteiger partial charge in [-0.3, -0.25) is 10.2 Å². The van der Waals surface area contributed by atoms with Crippen molar-refractivity contribution in [2.24, 2.45) is 10.1 Å². The number of hydrogen-bond donors (Lipinski definition) is 1. The molecule has 3 heterocycles. The van der Waals surface area contributed by atoms with Crippen molar-refractivity contribution in [1.29, 1.82) is 5.41 Å². The van der Waals surface area contributed by atoms with Crippen molar-refractivity contribution in [2.45, 2.75) is 16.9 Å². The minimum atomic E-state index is -0.501. The maximum atomic E-state index is 12.8. The van der Waals surface area contributed by atoms with Crippen LogP contribution in [-0.2, 0) is 4.79 Å². The number of thioether (sulfide) groups is 1. The lowest BCUT2D eigenvalue weighted by Gasteiger charge is -2.19. The first-order valence-electron chi connectivity index (χ1n) is 11.5. The summed E-state index contributed by atoms with van der Waals surface area (Å²) in [5.74, 6) is 0.650. The number of nitrogens with one attached hydrogen (secondary N) is 1. The number of nitrogens with zero attached hydrogens (tertiary/aromatic N) is 3. The molecule has 0 fully saturated rings. The Morgan fingerprint density at radius 2 is 1.92 bits per heavy atom. The van der Waals surface area contributed by atoms with Crippen LogP contribution in [0.3, 0.4) is 0 Å². The summed E-state index contributed by atoms with van der Waals surface area (Å²) in [4.78, 5) is 18.0. The zero-order valence-corrected chi connectivity index (χ0v) is 21.3. The molecule has 0 spiro atoms. The van der Waals surface area contributed by atoms with Crippen molar-refractivity contribution in [2.75, 3.05) is 6.61 Å². The van der Waals surface area contributed by atoms with Crippen LogP contribution in [0, 0.1) is 12.3 Å². The number of ether oxygens (including phenoxy) is 1. The molecule has 37 heavy (non-hydrogen) atoms. The van der Waals surface area contributed by atoms with Crippen LogP contribution in [0.25, 0.3) is 16.8 Å². The Hall–Kier alpha value is -4.08. The van der Waals surface area contributed by atoms with E-state index in [-0.39, 0.29) is 18.0 Å². The zero-order valence-electron chi connectivity index (χ0n) is 19.7. The van der Waals surface area contributed by atoms with Gasteiger partial charge in [0, 0.05) is 4.90 Å². The number of carbonyl (C=O) groups is 1. The van der Waals surface area contributed by atoms with Crippen molar-refractivity contribution >= 4 is 62.3 Å². The molecule has 1 amide bonds. The molecule has 3 aromatic carbocycles. The molecule has 1 N–H and O–H groups in total. The third-order valence-corrected chi connectivity index (χ3v) is 7.58. The highest BCUT2D eigenvalue weighted by molar-refractivity contribution is 8.27. The predicted octanol–water partition coefficient (Wildman–Crippen LogP) is 6.59. The van der Waals surface area contributed by atoms with E-state index in [9.17, 15) is 4.79 Å². The average Bonchev–Trinajstić information content (AvgIpc) is 3.52. The lowest BCUT2D eigenvalue weighted by atomic mass is 10.1. The van der Waals surface area contributed by atoms with Gasteiger partial charge in [0.25, 0.3) is 5.91 Å². The molecule has 2 aliphatic rings. The van der Waals surface area contributed by atoms with E-state index in [0.29, 0.717) is 21.1 Å². The molecule has 182 valence electrons. The molecule has 7 nitrogen and oxygen atoms in total. The van der Waals surface area contributed by atoms with Gasteiger partial charge in [-0.2, -0.15) is 15.1 Å². The standard InChI is InChI=1S/C28H20N4O3S2/c1-17-6-4-9-19(14-17)34-16-24-31-32-26(29)22(27(33)30-28(32)37-24)15-20-12-13-25(35-20)36-23-11-5-8-18-7-2-3-10-21(18)23/h2-15,29H,16H2,1H3/b22-15+,29-26?. The number of hydrazone groups is 1. The van der Waals surface area contributed by atoms with Gasteiger partial charge in [-0.25, -0.2) is 0 Å². The predicted molar refractivity (Wildman–Crippen MR) is 148 cm³/mol. The summed E-state index contributed by atoms with van der Waals surface area (Å²) >= 11 is 2.74. The van der Waals surface area contributed by atoms with E-state index < -0.39 is 5.91 Å². The number of aryl methyl sites for hydroxylation is 1. The quantitative estimate of drug-likeness (QED) is 0.286. The highest BCUT2D eigenvalue weighted by Crippen LogP contribution is 2.35. The SMILES string of the molecule is Cc1cccc(OCC2=NN3C(=N)/C(=C\c4ccc(Sc5cccc6ccccc56)o4)C(=O)N=C3S2)c1. The van der Waals surface area contributed by atoms with Gasteiger partial charge in [0.2, 0.25) is 5.17 Å². The molecule has 0 saturated carbocycles. The topological polar surface area (TPSA) is 91.2 Å². The Kier molecular flexibility index (Phi) is 6.15. The summed E-state index contributed by atoms with van der Waals surface area (Å²) < 4.78 is 11.8. The Balaban J connectivity index is 1.18. The number of amides is 1. The van der Waals surface area contributed by atoms with E-state index in [4.69, 9.17) is 14.6 Å². The van der Waals surface area contributed by atoms with Crippen molar-refractivity contribution in [3.05, 3.63) is 95.8 Å². The van der Waals surface area contributed by atoms with Gasteiger partial charge in [0.05, 0.1) is 5.57 Å². The Morgan fingerprint density at radius 3 is 2.81 bits per heavy atom. The van der Waals surface area contributed by atoms with Gasteiger partial charge in [0.15, 0.2) is 10.9 Å². The van der Waals surface area contributed by atoms with Crippen LogP contribution in [0.2, 0.25) is 0 Å². The molecule has 0 saturated heterocycles. The molecule has 1 aromatic heterocycles. The summed E-state index contributed by atoms with van der Waals surface area (Å²) in [6, 6.07) is 25.7. The first kappa shape index (κ1) is 23.3. The Morgan fingerprint density at radius 1 is 1.08 bits per heavy atom. The summed E-state index contributed by atoms with van der Waals surface area (Å²) in [5.41, 5.74) is 1.21.